The molecule has 0 bridgehead atoms. The Morgan fingerprint density at radius 2 is 0.560 bits per heavy atom. The minimum absolute atomic E-state index is 0.877. The maximum Gasteiger partial charge on any atom is 0.138 e. The van der Waals surface area contributed by atoms with Gasteiger partial charge in [-0.15, -0.1) is 0 Å². The van der Waals surface area contributed by atoms with Gasteiger partial charge in [0.1, 0.15) is 5.82 Å². The summed E-state index contributed by atoms with van der Waals surface area (Å²) in [5, 5.41) is 7.22. The minimum Gasteiger partial charge on any atom is -0.309 e. The number of hydrogen-bond donors (Lipinski definition) is 0. The molecule has 0 atom stereocenters. The van der Waals surface area contributed by atoms with Gasteiger partial charge in [-0.25, -0.2) is 4.98 Å². The Labute approximate surface area is 433 Å². The van der Waals surface area contributed by atoms with Crippen molar-refractivity contribution < 1.29 is 0 Å². The van der Waals surface area contributed by atoms with Crippen molar-refractivity contribution in [2.45, 2.75) is 0 Å². The van der Waals surface area contributed by atoms with E-state index >= 15 is 0 Å². The van der Waals surface area contributed by atoms with Crippen LogP contribution in [0.25, 0.3) is 138 Å². The standard InChI is InChI=1S/C71H46N4/c1-6-18-47(19-7-1)51-30-35-66-59(40-51)60-42-53(32-36-67(60)74(66)57-34-39-68-63(46-57)58-28-16-17-29-65(58)73(68)56-26-14-5-15-27-56)54-33-38-70-62(43-54)61-41-52(48-20-8-2-9-21-48)31-37-69(61)75(70)71-45-55(49-22-10-3-11-23-49)44-64(72-71)50-24-12-4-13-25-50/h1-46H. The zero-order chi connectivity index (χ0) is 49.4. The lowest BCUT2D eigenvalue weighted by atomic mass is 9.98. The molecule has 4 nitrogen and oxygen atoms in total. The highest BCUT2D eigenvalue weighted by atomic mass is 15.1. The van der Waals surface area contributed by atoms with Gasteiger partial charge in [-0.3, -0.25) is 4.57 Å². The molecule has 0 amide bonds. The second-order valence-corrected chi connectivity index (χ2v) is 19.6. The average Bonchev–Trinajstić information content (AvgIpc) is 4.16. The highest BCUT2D eigenvalue weighted by molar-refractivity contribution is 6.15. The number of hydrogen-bond acceptors (Lipinski definition) is 1. The lowest BCUT2D eigenvalue weighted by Crippen LogP contribution is -2.00. The molecule has 0 aliphatic carbocycles. The topological polar surface area (TPSA) is 27.7 Å². The molecule has 4 aromatic heterocycles. The number of nitrogens with zero attached hydrogens (tertiary/aromatic N) is 4. The van der Waals surface area contributed by atoms with Crippen LogP contribution in [0, 0.1) is 0 Å². The molecule has 0 radical (unpaired) electrons. The molecule has 11 aromatic carbocycles. The fraction of sp³-hybridized carbons (Fsp3) is 0. The summed E-state index contributed by atoms with van der Waals surface area (Å²) in [6.45, 7) is 0. The second kappa shape index (κ2) is 17.3. The van der Waals surface area contributed by atoms with Crippen LogP contribution in [0.4, 0.5) is 0 Å². The molecule has 0 spiro atoms. The van der Waals surface area contributed by atoms with Crippen LogP contribution in [0.3, 0.4) is 0 Å². The molecule has 0 aliphatic heterocycles. The van der Waals surface area contributed by atoms with E-state index in [1.54, 1.807) is 0 Å². The average molecular weight is 955 g/mol. The summed E-state index contributed by atoms with van der Waals surface area (Å²) in [5.74, 6) is 0.877. The largest absolute Gasteiger partial charge is 0.309 e. The molecular weight excluding hydrogens is 909 g/mol. The van der Waals surface area contributed by atoms with Crippen molar-refractivity contribution in [1.29, 1.82) is 0 Å². The summed E-state index contributed by atoms with van der Waals surface area (Å²) >= 11 is 0. The Morgan fingerprint density at radius 1 is 0.200 bits per heavy atom. The van der Waals surface area contributed by atoms with Crippen molar-refractivity contribution in [2.24, 2.45) is 0 Å². The fourth-order valence-corrected chi connectivity index (χ4v) is 11.7. The number of fused-ring (bicyclic) bond motifs is 9. The van der Waals surface area contributed by atoms with Gasteiger partial charge >= 0.3 is 0 Å². The Hall–Kier alpha value is -10.0. The summed E-state index contributed by atoms with van der Waals surface area (Å²) in [6, 6.07) is 101. The number of benzene rings is 11. The van der Waals surface area contributed by atoms with E-state index in [1.165, 1.54) is 71.1 Å². The first kappa shape index (κ1) is 42.6. The highest BCUT2D eigenvalue weighted by Gasteiger charge is 2.21. The van der Waals surface area contributed by atoms with E-state index in [9.17, 15) is 0 Å². The molecule has 4 heterocycles. The van der Waals surface area contributed by atoms with Crippen LogP contribution in [-0.4, -0.2) is 18.7 Å². The van der Waals surface area contributed by atoms with E-state index in [4.69, 9.17) is 4.98 Å². The van der Waals surface area contributed by atoms with Gasteiger partial charge in [0.05, 0.1) is 38.8 Å². The van der Waals surface area contributed by atoms with Crippen LogP contribution in [0.2, 0.25) is 0 Å². The van der Waals surface area contributed by atoms with Crippen LogP contribution in [-0.2, 0) is 0 Å². The number of aromatic nitrogens is 4. The second-order valence-electron chi connectivity index (χ2n) is 19.6. The zero-order valence-corrected chi connectivity index (χ0v) is 40.8. The summed E-state index contributed by atoms with van der Waals surface area (Å²) in [7, 11) is 0. The number of pyridine rings is 1. The summed E-state index contributed by atoms with van der Waals surface area (Å²) in [5.41, 5.74) is 20.5. The van der Waals surface area contributed by atoms with E-state index in [0.29, 0.717) is 0 Å². The minimum atomic E-state index is 0.877. The predicted molar refractivity (Wildman–Crippen MR) is 314 cm³/mol. The smallest absolute Gasteiger partial charge is 0.138 e. The number of rotatable bonds is 8. The predicted octanol–water partition coefficient (Wildman–Crippen LogP) is 18.7. The maximum atomic E-state index is 5.46. The Balaban J connectivity index is 0.941. The first-order chi connectivity index (χ1) is 37.2. The molecule has 0 unspecified atom stereocenters. The molecule has 0 N–H and O–H groups in total. The molecule has 75 heavy (non-hydrogen) atoms. The van der Waals surface area contributed by atoms with Gasteiger partial charge in [-0.05, 0) is 142 Å². The van der Waals surface area contributed by atoms with Gasteiger partial charge in [0.2, 0.25) is 0 Å². The van der Waals surface area contributed by atoms with Gasteiger partial charge in [-0.1, -0.05) is 182 Å². The van der Waals surface area contributed by atoms with Crippen LogP contribution < -0.4 is 0 Å². The third-order valence-corrected chi connectivity index (χ3v) is 15.2. The van der Waals surface area contributed by atoms with Crippen molar-refractivity contribution in [3.05, 3.63) is 279 Å². The van der Waals surface area contributed by atoms with Crippen LogP contribution in [0.1, 0.15) is 0 Å². The molecular formula is C71H46N4. The zero-order valence-electron chi connectivity index (χ0n) is 40.8. The molecule has 0 aliphatic rings. The van der Waals surface area contributed by atoms with Crippen molar-refractivity contribution in [3.63, 3.8) is 0 Å². The first-order valence-corrected chi connectivity index (χ1v) is 25.7. The Bertz CT molecular complexity index is 4610. The maximum absolute atomic E-state index is 5.46. The third-order valence-electron chi connectivity index (χ3n) is 15.2. The van der Waals surface area contributed by atoms with Crippen molar-refractivity contribution in [3.8, 4) is 73.0 Å². The van der Waals surface area contributed by atoms with E-state index < -0.39 is 0 Å². The summed E-state index contributed by atoms with van der Waals surface area (Å²) < 4.78 is 7.20. The van der Waals surface area contributed by atoms with Gasteiger partial charge in [0.15, 0.2) is 0 Å². The fourth-order valence-electron chi connectivity index (χ4n) is 11.7. The SMILES string of the molecule is c1ccc(-c2cc(-c3ccccc3)nc(-n3c4ccc(-c5ccccc5)cc4c4cc(-c5ccc6c(c5)c5cc(-c7ccccc7)ccc5n6-c5ccc6c(c5)c5ccccc5n6-c5ccccc5)ccc43)c2)cc1. The molecule has 0 fully saturated rings. The molecule has 0 saturated heterocycles. The first-order valence-electron chi connectivity index (χ1n) is 25.7. The molecule has 15 rings (SSSR count). The van der Waals surface area contributed by atoms with Crippen LogP contribution in [0.5, 0.6) is 0 Å². The molecule has 350 valence electrons. The highest BCUT2D eigenvalue weighted by Crippen LogP contribution is 2.42. The quantitative estimate of drug-likeness (QED) is 0.149. The lowest BCUT2D eigenvalue weighted by molar-refractivity contribution is 1.08. The van der Waals surface area contributed by atoms with Gasteiger partial charge in [0, 0.05) is 49.3 Å². The number of para-hydroxylation sites is 2. The van der Waals surface area contributed by atoms with Crippen molar-refractivity contribution >= 4 is 65.4 Å². The van der Waals surface area contributed by atoms with Gasteiger partial charge in [0.25, 0.3) is 0 Å². The lowest BCUT2D eigenvalue weighted by Gasteiger charge is -2.13. The van der Waals surface area contributed by atoms with E-state index in [2.05, 4.69) is 293 Å². The van der Waals surface area contributed by atoms with E-state index in [-0.39, 0.29) is 0 Å². The van der Waals surface area contributed by atoms with Crippen LogP contribution >= 0.6 is 0 Å². The summed E-state index contributed by atoms with van der Waals surface area (Å²) in [4.78, 5) is 5.46. The normalized spacial score (nSPS) is 11.7. The summed E-state index contributed by atoms with van der Waals surface area (Å²) in [6.07, 6.45) is 0. The Kier molecular flexibility index (Phi) is 9.85. The van der Waals surface area contributed by atoms with Gasteiger partial charge in [-0.2, -0.15) is 0 Å². The van der Waals surface area contributed by atoms with Crippen molar-refractivity contribution in [2.75, 3.05) is 0 Å². The molecule has 4 heteroatoms. The monoisotopic (exact) mass is 954 g/mol. The van der Waals surface area contributed by atoms with Crippen molar-refractivity contribution in [1.82, 2.24) is 18.7 Å². The van der Waals surface area contributed by atoms with E-state index in [1.807, 2.05) is 0 Å². The molecule has 0 saturated carbocycles. The third kappa shape index (κ3) is 7.10. The Morgan fingerprint density at radius 3 is 1.07 bits per heavy atom. The van der Waals surface area contributed by atoms with Crippen LogP contribution in [0.15, 0.2) is 279 Å². The van der Waals surface area contributed by atoms with Gasteiger partial charge < -0.3 is 9.13 Å². The molecule has 15 aromatic rings. The van der Waals surface area contributed by atoms with E-state index in [0.717, 1.165) is 67.3 Å².